The normalized spacial score (nSPS) is 21.5. The molecule has 170 valence electrons. The van der Waals surface area contributed by atoms with Crippen molar-refractivity contribution in [3.63, 3.8) is 0 Å². The summed E-state index contributed by atoms with van der Waals surface area (Å²) in [4.78, 5) is 0. The largest absolute Gasteiger partial charge is 0.493 e. The molecule has 0 unspecified atom stereocenters. The van der Waals surface area contributed by atoms with Crippen LogP contribution in [0.1, 0.15) is 37.8 Å². The second kappa shape index (κ2) is 10.5. The number of benzene rings is 2. The van der Waals surface area contributed by atoms with Crippen LogP contribution in [0, 0.1) is 11.3 Å². The molecule has 1 heterocycles. The maximum Gasteiger partial charge on any atom is 0.161 e. The molecule has 2 atom stereocenters. The fourth-order valence-corrected chi connectivity index (χ4v) is 5.02. The van der Waals surface area contributed by atoms with E-state index in [2.05, 4.69) is 49.5 Å². The van der Waals surface area contributed by atoms with Gasteiger partial charge >= 0.3 is 0 Å². The molecular weight excluding hydrogens is 390 g/mol. The summed E-state index contributed by atoms with van der Waals surface area (Å²) in [6, 6.07) is 16.6. The molecule has 0 bridgehead atoms. The summed E-state index contributed by atoms with van der Waals surface area (Å²) >= 11 is 0. The van der Waals surface area contributed by atoms with Crippen LogP contribution in [0.5, 0.6) is 11.5 Å². The van der Waals surface area contributed by atoms with E-state index >= 15 is 0 Å². The van der Waals surface area contributed by atoms with Crippen LogP contribution in [0.15, 0.2) is 48.5 Å². The average molecular weight is 428 g/mol. The first kappa shape index (κ1) is 23.6. The van der Waals surface area contributed by atoms with Gasteiger partial charge in [0.15, 0.2) is 11.5 Å². The van der Waals surface area contributed by atoms with Crippen LogP contribution >= 0.6 is 0 Å². The fourth-order valence-electron chi connectivity index (χ4n) is 5.02. The van der Waals surface area contributed by atoms with E-state index < -0.39 is 0 Å². The number of methoxy groups -OCH3 is 2. The Bertz CT molecular complexity index is 823. The predicted molar refractivity (Wildman–Crippen MR) is 124 cm³/mol. The SMILES string of the molecule is COc1ccc(CNC[C@@H](CO)[C@@]2(Cc3ccccc3)CCOC(C)(C)C2)cc1OC. The van der Waals surface area contributed by atoms with E-state index in [0.717, 1.165) is 49.5 Å². The Kier molecular flexibility index (Phi) is 7.98. The highest BCUT2D eigenvalue weighted by Gasteiger charge is 2.45. The average Bonchev–Trinajstić information content (AvgIpc) is 2.76. The first-order valence-electron chi connectivity index (χ1n) is 11.1. The van der Waals surface area contributed by atoms with Gasteiger partial charge in [-0.15, -0.1) is 0 Å². The number of rotatable bonds is 10. The Hall–Kier alpha value is -2.08. The Labute approximate surface area is 186 Å². The van der Waals surface area contributed by atoms with Gasteiger partial charge in [-0.05, 0) is 61.8 Å². The highest BCUT2D eigenvalue weighted by atomic mass is 16.5. The third-order valence-electron chi connectivity index (χ3n) is 6.52. The van der Waals surface area contributed by atoms with Crippen molar-refractivity contribution >= 4 is 0 Å². The maximum atomic E-state index is 10.4. The third kappa shape index (κ3) is 6.00. The summed E-state index contributed by atoms with van der Waals surface area (Å²) in [5.74, 6) is 1.59. The van der Waals surface area contributed by atoms with Gasteiger partial charge < -0.3 is 24.6 Å². The Morgan fingerprint density at radius 1 is 1.03 bits per heavy atom. The lowest BCUT2D eigenvalue weighted by atomic mass is 9.63. The smallest absolute Gasteiger partial charge is 0.161 e. The molecule has 5 heteroatoms. The quantitative estimate of drug-likeness (QED) is 0.595. The maximum absolute atomic E-state index is 10.4. The zero-order valence-corrected chi connectivity index (χ0v) is 19.3. The standard InChI is InChI=1S/C26H37NO4/c1-25(2)19-26(12-13-31-25,15-20-8-6-5-7-9-20)22(18-28)17-27-16-21-10-11-23(29-3)24(14-21)30-4/h5-11,14,22,27-28H,12-13,15-19H2,1-4H3/t22-,26+/m0/s1. The van der Waals surface area contributed by atoms with E-state index in [9.17, 15) is 5.11 Å². The van der Waals surface area contributed by atoms with Gasteiger partial charge in [-0.3, -0.25) is 0 Å². The molecule has 0 amide bonds. The van der Waals surface area contributed by atoms with Crippen molar-refractivity contribution in [1.82, 2.24) is 5.32 Å². The number of ether oxygens (including phenoxy) is 3. The number of hydrogen-bond donors (Lipinski definition) is 2. The fraction of sp³-hybridized carbons (Fsp3) is 0.538. The summed E-state index contributed by atoms with van der Waals surface area (Å²) in [7, 11) is 3.29. The summed E-state index contributed by atoms with van der Waals surface area (Å²) in [6.07, 6.45) is 2.83. The van der Waals surface area contributed by atoms with Crippen LogP contribution in [0.4, 0.5) is 0 Å². The lowest BCUT2D eigenvalue weighted by Crippen LogP contribution is -2.50. The highest BCUT2D eigenvalue weighted by Crippen LogP contribution is 2.46. The lowest BCUT2D eigenvalue weighted by molar-refractivity contribution is -0.127. The Morgan fingerprint density at radius 3 is 2.42 bits per heavy atom. The zero-order chi connectivity index (χ0) is 22.3. The van der Waals surface area contributed by atoms with Gasteiger partial charge in [0.05, 0.1) is 19.8 Å². The van der Waals surface area contributed by atoms with Crippen molar-refractivity contribution in [2.75, 3.05) is 34.0 Å². The van der Waals surface area contributed by atoms with Gasteiger partial charge in [-0.25, -0.2) is 0 Å². The molecule has 0 aliphatic carbocycles. The molecule has 1 aliphatic rings. The first-order valence-corrected chi connectivity index (χ1v) is 11.1. The van der Waals surface area contributed by atoms with E-state index in [-0.39, 0.29) is 23.5 Å². The van der Waals surface area contributed by atoms with Crippen molar-refractivity contribution < 1.29 is 19.3 Å². The van der Waals surface area contributed by atoms with E-state index in [1.807, 2.05) is 18.2 Å². The molecular formula is C26H37NO4. The third-order valence-corrected chi connectivity index (χ3v) is 6.52. The minimum Gasteiger partial charge on any atom is -0.493 e. The molecule has 0 aromatic heterocycles. The molecule has 0 saturated carbocycles. The molecule has 5 nitrogen and oxygen atoms in total. The Morgan fingerprint density at radius 2 is 1.77 bits per heavy atom. The van der Waals surface area contributed by atoms with Crippen molar-refractivity contribution in [1.29, 1.82) is 0 Å². The first-order chi connectivity index (χ1) is 14.9. The van der Waals surface area contributed by atoms with Crippen LogP contribution in [0.25, 0.3) is 0 Å². The van der Waals surface area contributed by atoms with Crippen LogP contribution < -0.4 is 14.8 Å². The molecule has 3 rings (SSSR count). The van der Waals surface area contributed by atoms with Crippen molar-refractivity contribution in [3.8, 4) is 11.5 Å². The van der Waals surface area contributed by atoms with Crippen LogP contribution in [-0.4, -0.2) is 44.7 Å². The number of nitrogens with one attached hydrogen (secondary N) is 1. The Balaban J connectivity index is 1.73. The van der Waals surface area contributed by atoms with Gasteiger partial charge in [-0.1, -0.05) is 36.4 Å². The molecule has 1 saturated heterocycles. The van der Waals surface area contributed by atoms with Gasteiger partial charge in [-0.2, -0.15) is 0 Å². The second-order valence-electron chi connectivity index (χ2n) is 9.26. The van der Waals surface area contributed by atoms with E-state index in [1.54, 1.807) is 14.2 Å². The molecule has 0 radical (unpaired) electrons. The number of aliphatic hydroxyl groups excluding tert-OH is 1. The van der Waals surface area contributed by atoms with Gasteiger partial charge in [0.25, 0.3) is 0 Å². The minimum atomic E-state index is -0.191. The lowest BCUT2D eigenvalue weighted by Gasteiger charge is -2.49. The number of hydrogen-bond acceptors (Lipinski definition) is 5. The van der Waals surface area contributed by atoms with Gasteiger partial charge in [0.1, 0.15) is 0 Å². The molecule has 2 N–H and O–H groups in total. The molecule has 1 aliphatic heterocycles. The molecule has 2 aromatic rings. The van der Waals surface area contributed by atoms with Crippen molar-refractivity contribution in [3.05, 3.63) is 59.7 Å². The van der Waals surface area contributed by atoms with E-state index in [1.165, 1.54) is 5.56 Å². The van der Waals surface area contributed by atoms with Crippen LogP contribution in [-0.2, 0) is 17.7 Å². The second-order valence-corrected chi connectivity index (χ2v) is 9.26. The summed E-state index contributed by atoms with van der Waals surface area (Å²) < 4.78 is 16.8. The van der Waals surface area contributed by atoms with Crippen molar-refractivity contribution in [2.45, 2.75) is 45.3 Å². The topological polar surface area (TPSA) is 60.0 Å². The molecule has 2 aromatic carbocycles. The minimum absolute atomic E-state index is 0.0115. The van der Waals surface area contributed by atoms with Crippen molar-refractivity contribution in [2.24, 2.45) is 11.3 Å². The molecule has 1 fully saturated rings. The molecule has 31 heavy (non-hydrogen) atoms. The van der Waals surface area contributed by atoms with E-state index in [0.29, 0.717) is 6.54 Å². The van der Waals surface area contributed by atoms with Gasteiger partial charge in [0, 0.05) is 32.2 Å². The highest BCUT2D eigenvalue weighted by molar-refractivity contribution is 5.42. The molecule has 0 spiro atoms. The summed E-state index contributed by atoms with van der Waals surface area (Å²) in [6.45, 7) is 6.66. The monoisotopic (exact) mass is 427 g/mol. The van der Waals surface area contributed by atoms with Crippen LogP contribution in [0.2, 0.25) is 0 Å². The van der Waals surface area contributed by atoms with E-state index in [4.69, 9.17) is 14.2 Å². The zero-order valence-electron chi connectivity index (χ0n) is 19.3. The summed E-state index contributed by atoms with van der Waals surface area (Å²) in [5, 5.41) is 14.0. The van der Waals surface area contributed by atoms with Crippen LogP contribution in [0.3, 0.4) is 0 Å². The number of aliphatic hydroxyl groups is 1. The predicted octanol–water partition coefficient (Wildman–Crippen LogP) is 4.22. The van der Waals surface area contributed by atoms with Gasteiger partial charge in [0.2, 0.25) is 0 Å². The summed E-state index contributed by atoms with van der Waals surface area (Å²) in [5.41, 5.74) is 2.24.